The maximum atomic E-state index is 12.4. The quantitative estimate of drug-likeness (QED) is 0.419. The number of carbonyl (C=O) groups is 1. The number of hydrogen-bond acceptors (Lipinski definition) is 5. The van der Waals surface area contributed by atoms with Crippen LogP contribution in [0, 0.1) is 6.92 Å². The van der Waals surface area contributed by atoms with Gasteiger partial charge in [0.05, 0.1) is 6.61 Å². The third-order valence-electron chi connectivity index (χ3n) is 6.06. The number of hydrogen-bond donors (Lipinski definition) is 1. The molecule has 0 aromatic heterocycles. The average Bonchev–Trinajstić information content (AvgIpc) is 2.89. The molecular formula is C29H33N3O3S. The Bertz CT molecular complexity index is 1180. The highest BCUT2D eigenvalue weighted by molar-refractivity contribution is 7.80. The minimum Gasteiger partial charge on any atom is -0.490 e. The molecule has 0 spiro atoms. The van der Waals surface area contributed by atoms with Gasteiger partial charge in [0.1, 0.15) is 4.99 Å². The highest BCUT2D eigenvalue weighted by atomic mass is 32.1. The van der Waals surface area contributed by atoms with E-state index in [1.165, 1.54) is 5.56 Å². The van der Waals surface area contributed by atoms with Crippen LogP contribution < -0.4 is 14.8 Å². The van der Waals surface area contributed by atoms with E-state index in [9.17, 15) is 4.79 Å². The summed E-state index contributed by atoms with van der Waals surface area (Å²) in [6.07, 6.45) is 0. The minimum absolute atomic E-state index is 0.110. The standard InChI is InChI=1S/C29H33N3O3S/c1-3-34-27-19-24(12-13-26(27)35-21-28(33)30-25-11-7-8-22(2)18-25)29(36)32-16-14-31(15-17-32)20-23-9-5-4-6-10-23/h4-13,18-19H,3,14-17,20-21H2,1-2H3,(H,30,33). The molecule has 1 amide bonds. The first-order valence-corrected chi connectivity index (χ1v) is 12.7. The lowest BCUT2D eigenvalue weighted by molar-refractivity contribution is -0.118. The number of amides is 1. The summed E-state index contributed by atoms with van der Waals surface area (Å²) in [6.45, 7) is 8.93. The Kier molecular flexibility index (Phi) is 8.92. The van der Waals surface area contributed by atoms with Crippen LogP contribution >= 0.6 is 12.2 Å². The molecule has 7 heteroatoms. The van der Waals surface area contributed by atoms with Crippen molar-refractivity contribution in [3.8, 4) is 11.5 Å². The Hall–Kier alpha value is -3.42. The molecule has 1 aliphatic heterocycles. The van der Waals surface area contributed by atoms with E-state index in [1.54, 1.807) is 0 Å². The van der Waals surface area contributed by atoms with Crippen LogP contribution in [0.4, 0.5) is 5.69 Å². The van der Waals surface area contributed by atoms with Crippen LogP contribution in [-0.2, 0) is 11.3 Å². The van der Waals surface area contributed by atoms with Gasteiger partial charge in [-0.05, 0) is 55.3 Å². The molecule has 0 atom stereocenters. The van der Waals surface area contributed by atoms with Crippen molar-refractivity contribution in [2.75, 3.05) is 44.7 Å². The van der Waals surface area contributed by atoms with Crippen molar-refractivity contribution in [3.63, 3.8) is 0 Å². The Morgan fingerprint density at radius 1 is 0.917 bits per heavy atom. The van der Waals surface area contributed by atoms with Gasteiger partial charge in [0.25, 0.3) is 5.91 Å². The van der Waals surface area contributed by atoms with Gasteiger partial charge in [-0.25, -0.2) is 0 Å². The zero-order valence-electron chi connectivity index (χ0n) is 20.9. The van der Waals surface area contributed by atoms with Gasteiger partial charge in [-0.15, -0.1) is 0 Å². The maximum absolute atomic E-state index is 12.4. The van der Waals surface area contributed by atoms with Crippen molar-refractivity contribution in [3.05, 3.63) is 89.5 Å². The van der Waals surface area contributed by atoms with E-state index in [4.69, 9.17) is 21.7 Å². The first kappa shape index (κ1) is 25.7. The molecule has 4 rings (SSSR count). The van der Waals surface area contributed by atoms with E-state index < -0.39 is 0 Å². The van der Waals surface area contributed by atoms with Gasteiger partial charge in [0, 0.05) is 44.0 Å². The molecule has 0 unspecified atom stereocenters. The number of anilines is 1. The van der Waals surface area contributed by atoms with Crippen LogP contribution in [0.2, 0.25) is 0 Å². The van der Waals surface area contributed by atoms with Gasteiger partial charge >= 0.3 is 0 Å². The van der Waals surface area contributed by atoms with Crippen LogP contribution in [0.15, 0.2) is 72.8 Å². The zero-order chi connectivity index (χ0) is 25.3. The fourth-order valence-electron chi connectivity index (χ4n) is 4.23. The molecular weight excluding hydrogens is 470 g/mol. The van der Waals surface area contributed by atoms with Crippen molar-refractivity contribution in [1.82, 2.24) is 9.80 Å². The summed E-state index contributed by atoms with van der Waals surface area (Å²) in [5.41, 5.74) is 4.08. The molecule has 3 aromatic rings. The van der Waals surface area contributed by atoms with Crippen LogP contribution in [0.5, 0.6) is 11.5 Å². The first-order valence-electron chi connectivity index (χ1n) is 12.3. The Morgan fingerprint density at radius 2 is 1.69 bits per heavy atom. The number of rotatable bonds is 9. The highest BCUT2D eigenvalue weighted by Gasteiger charge is 2.21. The molecule has 3 aromatic carbocycles. The summed E-state index contributed by atoms with van der Waals surface area (Å²) in [5, 5.41) is 2.86. The summed E-state index contributed by atoms with van der Waals surface area (Å²) in [5.74, 6) is 0.884. The third-order valence-corrected chi connectivity index (χ3v) is 6.55. The van der Waals surface area contributed by atoms with E-state index in [1.807, 2.05) is 62.4 Å². The van der Waals surface area contributed by atoms with Gasteiger partial charge in [0.15, 0.2) is 18.1 Å². The molecule has 1 N–H and O–H groups in total. The number of piperazine rings is 1. The second kappa shape index (κ2) is 12.5. The molecule has 1 heterocycles. The lowest BCUT2D eigenvalue weighted by atomic mass is 10.1. The number of nitrogens with zero attached hydrogens (tertiary/aromatic N) is 2. The topological polar surface area (TPSA) is 54.0 Å². The predicted molar refractivity (Wildman–Crippen MR) is 148 cm³/mol. The van der Waals surface area contributed by atoms with Crippen molar-refractivity contribution in [2.24, 2.45) is 0 Å². The summed E-state index contributed by atoms with van der Waals surface area (Å²) in [7, 11) is 0. The molecule has 1 fully saturated rings. The highest BCUT2D eigenvalue weighted by Crippen LogP contribution is 2.29. The lowest BCUT2D eigenvalue weighted by Crippen LogP contribution is -2.48. The number of ether oxygens (including phenoxy) is 2. The third kappa shape index (κ3) is 7.06. The molecule has 0 radical (unpaired) electrons. The SMILES string of the molecule is CCOc1cc(C(=S)N2CCN(Cc3ccccc3)CC2)ccc1OCC(=O)Nc1cccc(C)c1. The molecule has 1 saturated heterocycles. The predicted octanol–water partition coefficient (Wildman–Crippen LogP) is 4.90. The zero-order valence-corrected chi connectivity index (χ0v) is 21.7. The van der Waals surface area contributed by atoms with Crippen molar-refractivity contribution >= 4 is 28.8 Å². The van der Waals surface area contributed by atoms with E-state index in [0.717, 1.165) is 54.5 Å². The second-order valence-corrected chi connectivity index (χ2v) is 9.24. The van der Waals surface area contributed by atoms with Gasteiger partial charge in [-0.2, -0.15) is 0 Å². The summed E-state index contributed by atoms with van der Waals surface area (Å²) >= 11 is 5.83. The number of carbonyl (C=O) groups excluding carboxylic acids is 1. The van der Waals surface area contributed by atoms with Crippen molar-refractivity contribution in [1.29, 1.82) is 0 Å². The molecule has 0 saturated carbocycles. The number of thiocarbonyl (C=S) groups is 1. The van der Waals surface area contributed by atoms with Gasteiger partial charge in [0.2, 0.25) is 0 Å². The molecule has 6 nitrogen and oxygen atoms in total. The molecule has 36 heavy (non-hydrogen) atoms. The summed E-state index contributed by atoms with van der Waals surface area (Å²) in [6, 6.07) is 23.9. The molecule has 0 aliphatic carbocycles. The average molecular weight is 504 g/mol. The van der Waals surface area contributed by atoms with E-state index in [-0.39, 0.29) is 12.5 Å². The van der Waals surface area contributed by atoms with Gasteiger partial charge in [-0.1, -0.05) is 54.7 Å². The van der Waals surface area contributed by atoms with Crippen LogP contribution in [-0.4, -0.2) is 60.1 Å². The molecule has 0 bridgehead atoms. The fourth-order valence-corrected chi connectivity index (χ4v) is 4.53. The van der Waals surface area contributed by atoms with Crippen molar-refractivity contribution in [2.45, 2.75) is 20.4 Å². The van der Waals surface area contributed by atoms with Gasteiger partial charge in [-0.3, -0.25) is 9.69 Å². The van der Waals surface area contributed by atoms with Gasteiger partial charge < -0.3 is 19.7 Å². The van der Waals surface area contributed by atoms with E-state index >= 15 is 0 Å². The normalized spacial score (nSPS) is 13.8. The fraction of sp³-hybridized carbons (Fsp3) is 0.310. The van der Waals surface area contributed by atoms with Crippen molar-refractivity contribution < 1.29 is 14.3 Å². The summed E-state index contributed by atoms with van der Waals surface area (Å²) < 4.78 is 11.6. The second-order valence-electron chi connectivity index (χ2n) is 8.85. The monoisotopic (exact) mass is 503 g/mol. The summed E-state index contributed by atoms with van der Waals surface area (Å²) in [4.78, 5) is 17.9. The molecule has 1 aliphatic rings. The van der Waals surface area contributed by atoms with E-state index in [2.05, 4.69) is 39.4 Å². The Labute approximate surface area is 218 Å². The number of benzene rings is 3. The Morgan fingerprint density at radius 3 is 2.42 bits per heavy atom. The number of nitrogens with one attached hydrogen (secondary N) is 1. The van der Waals surface area contributed by atoms with Crippen LogP contribution in [0.1, 0.15) is 23.6 Å². The largest absolute Gasteiger partial charge is 0.490 e. The minimum atomic E-state index is -0.226. The van der Waals surface area contributed by atoms with E-state index in [0.29, 0.717) is 18.1 Å². The van der Waals surface area contributed by atoms with Crippen LogP contribution in [0.3, 0.4) is 0 Å². The maximum Gasteiger partial charge on any atom is 0.262 e. The number of aryl methyl sites for hydroxylation is 1. The molecule has 188 valence electrons. The Balaban J connectivity index is 1.33. The lowest BCUT2D eigenvalue weighted by Gasteiger charge is -2.36. The first-order chi connectivity index (χ1) is 17.5. The smallest absolute Gasteiger partial charge is 0.262 e. The van der Waals surface area contributed by atoms with Crippen LogP contribution in [0.25, 0.3) is 0 Å².